The summed E-state index contributed by atoms with van der Waals surface area (Å²) < 4.78 is 1.20. The highest BCUT2D eigenvalue weighted by molar-refractivity contribution is 9.10. The Labute approximate surface area is 128 Å². The third-order valence-electron chi connectivity index (χ3n) is 3.85. The van der Waals surface area contributed by atoms with Gasteiger partial charge in [-0.1, -0.05) is 34.1 Å². The van der Waals surface area contributed by atoms with E-state index in [0.717, 1.165) is 19.5 Å². The van der Waals surface area contributed by atoms with E-state index >= 15 is 0 Å². The van der Waals surface area contributed by atoms with Gasteiger partial charge in [-0.05, 0) is 54.7 Å². The predicted octanol–water partition coefficient (Wildman–Crippen LogP) is 4.65. The van der Waals surface area contributed by atoms with E-state index < -0.39 is 0 Å². The minimum atomic E-state index is 0.858. The number of nitrogens with one attached hydrogen (secondary N) is 2. The molecule has 0 unspecified atom stereocenters. The molecule has 0 radical (unpaired) electrons. The molecule has 0 saturated carbocycles. The highest BCUT2D eigenvalue weighted by Gasteiger charge is 2.13. The molecule has 3 heteroatoms. The number of halogens is 1. The number of hydrogen-bond acceptors (Lipinski definition) is 2. The molecule has 1 heterocycles. The SMILES string of the molecule is Cc1cc(NCc2cccc3c2NCC3)cc(C)c1Br. The Balaban J connectivity index is 1.79. The van der Waals surface area contributed by atoms with Crippen LogP contribution in [0, 0.1) is 13.8 Å². The Hall–Kier alpha value is -1.48. The van der Waals surface area contributed by atoms with E-state index in [-0.39, 0.29) is 0 Å². The molecule has 2 N–H and O–H groups in total. The van der Waals surface area contributed by atoms with E-state index in [1.165, 1.54) is 38.1 Å². The first-order valence-corrected chi connectivity index (χ1v) is 7.79. The molecule has 2 aromatic rings. The summed E-state index contributed by atoms with van der Waals surface area (Å²) in [5.74, 6) is 0. The molecule has 0 aliphatic carbocycles. The van der Waals surface area contributed by atoms with Crippen molar-refractivity contribution in [2.75, 3.05) is 17.2 Å². The van der Waals surface area contributed by atoms with Gasteiger partial charge in [0.2, 0.25) is 0 Å². The first-order chi connectivity index (χ1) is 9.65. The molecule has 1 aliphatic heterocycles. The summed E-state index contributed by atoms with van der Waals surface area (Å²) in [6, 6.07) is 10.9. The van der Waals surface area contributed by atoms with Crippen LogP contribution < -0.4 is 10.6 Å². The van der Waals surface area contributed by atoms with Gasteiger partial charge >= 0.3 is 0 Å². The lowest BCUT2D eigenvalue weighted by atomic mass is 10.1. The standard InChI is InChI=1S/C17H19BrN2/c1-11-8-15(9-12(2)16(11)18)20-10-14-5-3-4-13-6-7-19-17(13)14/h3-5,8-9,19-20H,6-7,10H2,1-2H3. The maximum Gasteiger partial charge on any atom is 0.0424 e. The van der Waals surface area contributed by atoms with Gasteiger partial charge in [0.1, 0.15) is 0 Å². The van der Waals surface area contributed by atoms with E-state index in [1.54, 1.807) is 0 Å². The third kappa shape index (κ3) is 2.55. The number of para-hydroxylation sites is 1. The Morgan fingerprint density at radius 1 is 1.20 bits per heavy atom. The topological polar surface area (TPSA) is 24.1 Å². The highest BCUT2D eigenvalue weighted by atomic mass is 79.9. The fourth-order valence-corrected chi connectivity index (χ4v) is 3.03. The Kier molecular flexibility index (Phi) is 3.70. The van der Waals surface area contributed by atoms with Crippen LogP contribution in [0.3, 0.4) is 0 Å². The number of fused-ring (bicyclic) bond motifs is 1. The molecule has 0 aromatic heterocycles. The van der Waals surface area contributed by atoms with Crippen LogP contribution >= 0.6 is 15.9 Å². The van der Waals surface area contributed by atoms with Gasteiger partial charge in [0, 0.05) is 28.9 Å². The quantitative estimate of drug-likeness (QED) is 0.856. The van der Waals surface area contributed by atoms with Gasteiger partial charge in [-0.3, -0.25) is 0 Å². The zero-order chi connectivity index (χ0) is 14.1. The Bertz CT molecular complexity index is 626. The van der Waals surface area contributed by atoms with Crippen molar-refractivity contribution in [1.29, 1.82) is 0 Å². The number of benzene rings is 2. The average molecular weight is 331 g/mol. The summed E-state index contributed by atoms with van der Waals surface area (Å²) >= 11 is 3.61. The maximum absolute atomic E-state index is 3.61. The van der Waals surface area contributed by atoms with Crippen LogP contribution in [0.15, 0.2) is 34.8 Å². The molecule has 1 aliphatic rings. The van der Waals surface area contributed by atoms with Crippen molar-refractivity contribution in [3.8, 4) is 0 Å². The van der Waals surface area contributed by atoms with Crippen LogP contribution in [0.4, 0.5) is 11.4 Å². The fourth-order valence-electron chi connectivity index (χ4n) is 2.80. The molecule has 0 fully saturated rings. The first kappa shape index (κ1) is 13.5. The molecule has 3 rings (SSSR count). The summed E-state index contributed by atoms with van der Waals surface area (Å²) in [4.78, 5) is 0. The molecular weight excluding hydrogens is 312 g/mol. The molecule has 2 nitrogen and oxygen atoms in total. The van der Waals surface area contributed by atoms with E-state index in [1.807, 2.05) is 0 Å². The second kappa shape index (κ2) is 5.49. The number of hydrogen-bond donors (Lipinski definition) is 2. The van der Waals surface area contributed by atoms with Crippen LogP contribution in [0.2, 0.25) is 0 Å². The van der Waals surface area contributed by atoms with Crippen molar-refractivity contribution in [1.82, 2.24) is 0 Å². The molecule has 2 aromatic carbocycles. The van der Waals surface area contributed by atoms with Crippen molar-refractivity contribution in [3.63, 3.8) is 0 Å². The number of aryl methyl sites for hydroxylation is 2. The summed E-state index contributed by atoms with van der Waals surface area (Å²) in [5.41, 5.74) is 7.82. The van der Waals surface area contributed by atoms with Gasteiger partial charge in [-0.15, -0.1) is 0 Å². The van der Waals surface area contributed by atoms with Crippen molar-refractivity contribution < 1.29 is 0 Å². The molecule has 0 bridgehead atoms. The summed E-state index contributed by atoms with van der Waals surface area (Å²) in [7, 11) is 0. The van der Waals surface area contributed by atoms with Crippen LogP contribution in [-0.4, -0.2) is 6.54 Å². The Morgan fingerprint density at radius 3 is 2.70 bits per heavy atom. The van der Waals surface area contributed by atoms with Crippen molar-refractivity contribution in [2.45, 2.75) is 26.8 Å². The molecule has 0 saturated heterocycles. The largest absolute Gasteiger partial charge is 0.384 e. The van der Waals surface area contributed by atoms with Gasteiger partial charge in [-0.25, -0.2) is 0 Å². The summed E-state index contributed by atoms with van der Waals surface area (Å²) in [6.45, 7) is 6.17. The normalized spacial score (nSPS) is 12.9. The third-order valence-corrected chi connectivity index (χ3v) is 5.10. The van der Waals surface area contributed by atoms with Gasteiger partial charge in [0.05, 0.1) is 0 Å². The summed E-state index contributed by atoms with van der Waals surface area (Å²) in [6.07, 6.45) is 1.14. The van der Waals surface area contributed by atoms with Crippen molar-refractivity contribution >= 4 is 27.3 Å². The van der Waals surface area contributed by atoms with Gasteiger partial charge < -0.3 is 10.6 Å². The van der Waals surface area contributed by atoms with Crippen LogP contribution in [0.5, 0.6) is 0 Å². The molecule has 0 spiro atoms. The van der Waals surface area contributed by atoms with E-state index in [0.29, 0.717) is 0 Å². The van der Waals surface area contributed by atoms with Gasteiger partial charge in [0.25, 0.3) is 0 Å². The highest BCUT2D eigenvalue weighted by Crippen LogP contribution is 2.28. The molecular formula is C17H19BrN2. The lowest BCUT2D eigenvalue weighted by Gasteiger charge is -2.13. The zero-order valence-corrected chi connectivity index (χ0v) is 13.5. The number of rotatable bonds is 3. The fraction of sp³-hybridized carbons (Fsp3) is 0.294. The Morgan fingerprint density at radius 2 is 1.95 bits per heavy atom. The predicted molar refractivity (Wildman–Crippen MR) is 89.6 cm³/mol. The molecule has 0 atom stereocenters. The average Bonchev–Trinajstić information content (AvgIpc) is 2.91. The smallest absolute Gasteiger partial charge is 0.0424 e. The van der Waals surface area contributed by atoms with Gasteiger partial charge in [-0.2, -0.15) is 0 Å². The van der Waals surface area contributed by atoms with Crippen molar-refractivity contribution in [2.24, 2.45) is 0 Å². The maximum atomic E-state index is 3.61. The van der Waals surface area contributed by atoms with E-state index in [9.17, 15) is 0 Å². The number of anilines is 2. The van der Waals surface area contributed by atoms with Gasteiger partial charge in [0.15, 0.2) is 0 Å². The van der Waals surface area contributed by atoms with E-state index in [2.05, 4.69) is 70.7 Å². The summed E-state index contributed by atoms with van der Waals surface area (Å²) in [5, 5.41) is 7.03. The van der Waals surface area contributed by atoms with Crippen molar-refractivity contribution in [3.05, 3.63) is 57.1 Å². The van der Waals surface area contributed by atoms with Crippen LogP contribution in [-0.2, 0) is 13.0 Å². The second-order valence-electron chi connectivity index (χ2n) is 5.41. The van der Waals surface area contributed by atoms with Crippen LogP contribution in [0.25, 0.3) is 0 Å². The minimum absolute atomic E-state index is 0.858. The molecule has 104 valence electrons. The van der Waals surface area contributed by atoms with Crippen LogP contribution in [0.1, 0.15) is 22.3 Å². The minimum Gasteiger partial charge on any atom is -0.384 e. The molecule has 20 heavy (non-hydrogen) atoms. The second-order valence-corrected chi connectivity index (χ2v) is 6.20. The lowest BCUT2D eigenvalue weighted by Crippen LogP contribution is -2.03. The lowest BCUT2D eigenvalue weighted by molar-refractivity contribution is 1.11. The first-order valence-electron chi connectivity index (χ1n) is 7.00. The van der Waals surface area contributed by atoms with E-state index in [4.69, 9.17) is 0 Å². The molecule has 0 amide bonds. The zero-order valence-electron chi connectivity index (χ0n) is 11.9. The monoisotopic (exact) mass is 330 g/mol.